The Morgan fingerprint density at radius 2 is 2.21 bits per heavy atom. The molecule has 0 saturated heterocycles. The molecule has 0 bridgehead atoms. The second kappa shape index (κ2) is 7.10. The zero-order chi connectivity index (χ0) is 14.3. The molecule has 0 spiro atoms. The molecule has 104 valence electrons. The van der Waals surface area contributed by atoms with Crippen LogP contribution in [0, 0.1) is 17.1 Å². The monoisotopic (exact) mass is 263 g/mol. The standard InChI is InChI=1S/C15H22FN3/c1-4-15(12-17,18-2)9-6-10-19(3)14-8-5-7-13(16)11-14/h5,7-8,11,18H,4,6,9-10H2,1-3H3. The molecule has 1 unspecified atom stereocenters. The normalized spacial score (nSPS) is 13.6. The first-order chi connectivity index (χ1) is 9.06. The summed E-state index contributed by atoms with van der Waals surface area (Å²) in [6, 6.07) is 8.91. The van der Waals surface area contributed by atoms with Crippen molar-refractivity contribution in [3.63, 3.8) is 0 Å². The van der Waals surface area contributed by atoms with Crippen LogP contribution >= 0.6 is 0 Å². The number of halogens is 1. The van der Waals surface area contributed by atoms with Gasteiger partial charge in [0.05, 0.1) is 6.07 Å². The van der Waals surface area contributed by atoms with Crippen LogP contribution in [0.15, 0.2) is 24.3 Å². The Bertz CT molecular complexity index is 435. The summed E-state index contributed by atoms with van der Waals surface area (Å²) in [5, 5.41) is 12.3. The highest BCUT2D eigenvalue weighted by Gasteiger charge is 2.24. The van der Waals surface area contributed by atoms with E-state index in [1.54, 1.807) is 6.07 Å². The maximum Gasteiger partial charge on any atom is 0.125 e. The van der Waals surface area contributed by atoms with Crippen molar-refractivity contribution >= 4 is 5.69 Å². The number of nitrogens with zero attached hydrogens (tertiary/aromatic N) is 2. The average Bonchev–Trinajstić information content (AvgIpc) is 2.44. The maximum absolute atomic E-state index is 13.1. The van der Waals surface area contributed by atoms with Gasteiger partial charge in [0.2, 0.25) is 0 Å². The second-order valence-corrected chi connectivity index (χ2v) is 4.80. The van der Waals surface area contributed by atoms with Crippen molar-refractivity contribution in [1.82, 2.24) is 5.32 Å². The smallest absolute Gasteiger partial charge is 0.125 e. The van der Waals surface area contributed by atoms with Crippen LogP contribution in [0.4, 0.5) is 10.1 Å². The molecule has 0 fully saturated rings. The molecule has 3 nitrogen and oxygen atoms in total. The molecule has 0 aliphatic rings. The Balaban J connectivity index is 2.51. The van der Waals surface area contributed by atoms with Crippen LogP contribution in [-0.4, -0.2) is 26.2 Å². The Kier molecular flexibility index (Phi) is 5.78. The quantitative estimate of drug-likeness (QED) is 0.822. The number of nitriles is 1. The van der Waals surface area contributed by atoms with Crippen molar-refractivity contribution in [2.75, 3.05) is 25.5 Å². The second-order valence-electron chi connectivity index (χ2n) is 4.80. The predicted molar refractivity (Wildman–Crippen MR) is 76.6 cm³/mol. The fourth-order valence-corrected chi connectivity index (χ4v) is 2.13. The lowest BCUT2D eigenvalue weighted by Gasteiger charge is -2.26. The van der Waals surface area contributed by atoms with Crippen molar-refractivity contribution in [3.8, 4) is 6.07 Å². The number of benzene rings is 1. The zero-order valence-electron chi connectivity index (χ0n) is 11.9. The van der Waals surface area contributed by atoms with Crippen LogP contribution in [0.5, 0.6) is 0 Å². The first kappa shape index (κ1) is 15.5. The fourth-order valence-electron chi connectivity index (χ4n) is 2.13. The summed E-state index contributed by atoms with van der Waals surface area (Å²) in [6.45, 7) is 2.81. The van der Waals surface area contributed by atoms with Crippen LogP contribution in [0.25, 0.3) is 0 Å². The van der Waals surface area contributed by atoms with Gasteiger partial charge in [-0.15, -0.1) is 0 Å². The molecule has 1 rings (SSSR count). The van der Waals surface area contributed by atoms with E-state index in [9.17, 15) is 9.65 Å². The zero-order valence-corrected chi connectivity index (χ0v) is 11.9. The van der Waals surface area contributed by atoms with Crippen LogP contribution in [0.1, 0.15) is 26.2 Å². The molecule has 0 aliphatic carbocycles. The Labute approximate surface area is 115 Å². The highest BCUT2D eigenvalue weighted by molar-refractivity contribution is 5.45. The van der Waals surface area contributed by atoms with Gasteiger partial charge in [0.25, 0.3) is 0 Å². The molecular formula is C15H22FN3. The van der Waals surface area contributed by atoms with E-state index < -0.39 is 5.54 Å². The van der Waals surface area contributed by atoms with E-state index in [1.165, 1.54) is 12.1 Å². The number of rotatable bonds is 7. The Morgan fingerprint density at radius 3 is 2.74 bits per heavy atom. The molecule has 0 amide bonds. The summed E-state index contributed by atoms with van der Waals surface area (Å²) < 4.78 is 13.1. The topological polar surface area (TPSA) is 39.1 Å². The van der Waals surface area contributed by atoms with E-state index in [1.807, 2.05) is 32.0 Å². The molecular weight excluding hydrogens is 241 g/mol. The van der Waals surface area contributed by atoms with Crippen molar-refractivity contribution in [2.45, 2.75) is 31.7 Å². The third kappa shape index (κ3) is 4.22. The number of hydrogen-bond donors (Lipinski definition) is 1. The molecule has 1 aromatic rings. The van der Waals surface area contributed by atoms with Gasteiger partial charge in [0.15, 0.2) is 0 Å². The molecule has 0 aliphatic heterocycles. The maximum atomic E-state index is 13.1. The van der Waals surface area contributed by atoms with Crippen LogP contribution < -0.4 is 10.2 Å². The van der Waals surface area contributed by atoms with Gasteiger partial charge < -0.3 is 10.2 Å². The highest BCUT2D eigenvalue weighted by atomic mass is 19.1. The lowest BCUT2D eigenvalue weighted by Crippen LogP contribution is -2.41. The minimum Gasteiger partial charge on any atom is -0.375 e. The van der Waals surface area contributed by atoms with E-state index in [2.05, 4.69) is 11.4 Å². The summed E-state index contributed by atoms with van der Waals surface area (Å²) in [7, 11) is 3.76. The van der Waals surface area contributed by atoms with Crippen LogP contribution in [0.3, 0.4) is 0 Å². The average molecular weight is 263 g/mol. The van der Waals surface area contributed by atoms with E-state index >= 15 is 0 Å². The van der Waals surface area contributed by atoms with Crippen LogP contribution in [0.2, 0.25) is 0 Å². The lowest BCUT2D eigenvalue weighted by molar-refractivity contribution is 0.393. The van der Waals surface area contributed by atoms with Crippen molar-refractivity contribution < 1.29 is 4.39 Å². The van der Waals surface area contributed by atoms with Gasteiger partial charge in [-0.05, 0) is 44.5 Å². The largest absolute Gasteiger partial charge is 0.375 e. The van der Waals surface area contributed by atoms with Gasteiger partial charge in [-0.1, -0.05) is 13.0 Å². The third-order valence-electron chi connectivity index (χ3n) is 3.64. The summed E-state index contributed by atoms with van der Waals surface area (Å²) in [5.74, 6) is -0.223. The number of hydrogen-bond acceptors (Lipinski definition) is 3. The molecule has 4 heteroatoms. The number of anilines is 1. The molecule has 0 aromatic heterocycles. The van der Waals surface area contributed by atoms with Gasteiger partial charge in [0.1, 0.15) is 11.4 Å². The fraction of sp³-hybridized carbons (Fsp3) is 0.533. The summed E-state index contributed by atoms with van der Waals surface area (Å²) in [4.78, 5) is 2.01. The number of nitrogens with one attached hydrogen (secondary N) is 1. The Morgan fingerprint density at radius 1 is 1.47 bits per heavy atom. The van der Waals surface area contributed by atoms with Gasteiger partial charge in [-0.25, -0.2) is 4.39 Å². The van der Waals surface area contributed by atoms with Gasteiger partial charge in [-0.3, -0.25) is 0 Å². The first-order valence-electron chi connectivity index (χ1n) is 6.64. The lowest BCUT2D eigenvalue weighted by atomic mass is 9.92. The molecule has 0 radical (unpaired) electrons. The van der Waals surface area contributed by atoms with E-state index in [0.717, 1.165) is 31.5 Å². The molecule has 19 heavy (non-hydrogen) atoms. The van der Waals surface area contributed by atoms with Gasteiger partial charge >= 0.3 is 0 Å². The van der Waals surface area contributed by atoms with Crippen molar-refractivity contribution in [3.05, 3.63) is 30.1 Å². The van der Waals surface area contributed by atoms with E-state index in [0.29, 0.717) is 0 Å². The van der Waals surface area contributed by atoms with Crippen molar-refractivity contribution in [2.24, 2.45) is 0 Å². The Hall–Kier alpha value is -1.60. The van der Waals surface area contributed by atoms with Crippen LogP contribution in [-0.2, 0) is 0 Å². The third-order valence-corrected chi connectivity index (χ3v) is 3.64. The van der Waals surface area contributed by atoms with Gasteiger partial charge in [0, 0.05) is 19.3 Å². The van der Waals surface area contributed by atoms with E-state index in [4.69, 9.17) is 0 Å². The molecule has 0 heterocycles. The minimum atomic E-state index is -0.442. The SMILES string of the molecule is CCC(C#N)(CCCN(C)c1cccc(F)c1)NC. The highest BCUT2D eigenvalue weighted by Crippen LogP contribution is 2.18. The summed E-state index contributed by atoms with van der Waals surface area (Å²) >= 11 is 0. The minimum absolute atomic E-state index is 0.223. The summed E-state index contributed by atoms with van der Waals surface area (Å²) in [5.41, 5.74) is 0.423. The molecule has 1 N–H and O–H groups in total. The summed E-state index contributed by atoms with van der Waals surface area (Å²) in [6.07, 6.45) is 2.45. The van der Waals surface area contributed by atoms with Crippen molar-refractivity contribution in [1.29, 1.82) is 5.26 Å². The molecule has 1 atom stereocenters. The molecule has 1 aromatic carbocycles. The van der Waals surface area contributed by atoms with E-state index in [-0.39, 0.29) is 5.82 Å². The predicted octanol–water partition coefficient (Wildman–Crippen LogP) is 2.93. The molecule has 0 saturated carbocycles. The first-order valence-corrected chi connectivity index (χ1v) is 6.64. The van der Waals surface area contributed by atoms with Gasteiger partial charge in [-0.2, -0.15) is 5.26 Å².